The van der Waals surface area contributed by atoms with Gasteiger partial charge in [-0.15, -0.1) is 0 Å². The van der Waals surface area contributed by atoms with Gasteiger partial charge in [-0.25, -0.2) is 0 Å². The predicted octanol–water partition coefficient (Wildman–Crippen LogP) is 3.03. The molecule has 3 rings (SSSR count). The summed E-state index contributed by atoms with van der Waals surface area (Å²) in [5.41, 5.74) is 3.00. The van der Waals surface area contributed by atoms with E-state index in [1.165, 1.54) is 43.5 Å². The molecule has 1 saturated carbocycles. The maximum Gasteiger partial charge on any atom is 0.0590 e. The number of rotatable bonds is 2. The Morgan fingerprint density at radius 2 is 1.84 bits per heavy atom. The number of anilines is 1. The van der Waals surface area contributed by atoms with E-state index in [1.54, 1.807) is 0 Å². The van der Waals surface area contributed by atoms with E-state index >= 15 is 0 Å². The molecule has 0 atom stereocenters. The highest BCUT2D eigenvalue weighted by Gasteiger charge is 2.40. The smallest absolute Gasteiger partial charge is 0.0590 e. The Hall–Kier alpha value is -1.35. The molecule has 1 aliphatic heterocycles. The molecule has 1 saturated heterocycles. The number of hydrogen-bond acceptors (Lipinski definition) is 3. The molecule has 2 fully saturated rings. The number of hydrogen-bond donors (Lipinski definition) is 1. The lowest BCUT2D eigenvalue weighted by atomic mass is 9.76. The van der Waals surface area contributed by atoms with E-state index in [9.17, 15) is 0 Å². The van der Waals surface area contributed by atoms with E-state index in [4.69, 9.17) is 5.10 Å². The zero-order chi connectivity index (χ0) is 13.1. The normalized spacial score (nSPS) is 23.9. The summed E-state index contributed by atoms with van der Waals surface area (Å²) in [6, 6.07) is 10.4. The van der Waals surface area contributed by atoms with Crippen molar-refractivity contribution in [1.82, 2.24) is 5.32 Å². The molecule has 0 radical (unpaired) electrons. The van der Waals surface area contributed by atoms with Crippen molar-refractivity contribution < 1.29 is 0 Å². The SMILES string of the molecule is CN(/N=C1/CCCC12CCNCC2)c1ccccc1. The van der Waals surface area contributed by atoms with E-state index in [0.717, 1.165) is 13.1 Å². The summed E-state index contributed by atoms with van der Waals surface area (Å²) in [6.45, 7) is 2.29. The first-order valence-corrected chi connectivity index (χ1v) is 7.38. The Balaban J connectivity index is 1.82. The average Bonchev–Trinajstić information content (AvgIpc) is 2.83. The zero-order valence-corrected chi connectivity index (χ0v) is 11.7. The Kier molecular flexibility index (Phi) is 3.56. The highest BCUT2D eigenvalue weighted by Crippen LogP contribution is 2.43. The number of para-hydroxylation sites is 1. The first kappa shape index (κ1) is 12.7. The summed E-state index contributed by atoms with van der Waals surface area (Å²) in [7, 11) is 2.06. The molecule has 0 aromatic heterocycles. The zero-order valence-electron chi connectivity index (χ0n) is 11.7. The van der Waals surface area contributed by atoms with Crippen LogP contribution in [0.25, 0.3) is 0 Å². The van der Waals surface area contributed by atoms with Crippen LogP contribution in [0.1, 0.15) is 32.1 Å². The van der Waals surface area contributed by atoms with E-state index < -0.39 is 0 Å². The lowest BCUT2D eigenvalue weighted by Crippen LogP contribution is -2.40. The lowest BCUT2D eigenvalue weighted by molar-refractivity contribution is 0.296. The second-order valence-corrected chi connectivity index (χ2v) is 5.79. The first-order valence-electron chi connectivity index (χ1n) is 7.38. The molecule has 1 aromatic rings. The van der Waals surface area contributed by atoms with Crippen molar-refractivity contribution in [1.29, 1.82) is 0 Å². The average molecular weight is 257 g/mol. The summed E-state index contributed by atoms with van der Waals surface area (Å²) in [4.78, 5) is 0. The lowest BCUT2D eigenvalue weighted by Gasteiger charge is -2.35. The van der Waals surface area contributed by atoms with Crippen molar-refractivity contribution in [3.63, 3.8) is 0 Å². The van der Waals surface area contributed by atoms with Crippen LogP contribution in [0.4, 0.5) is 5.69 Å². The molecule has 3 nitrogen and oxygen atoms in total. The second kappa shape index (κ2) is 5.33. The molecule has 1 heterocycles. The summed E-state index contributed by atoms with van der Waals surface area (Å²) >= 11 is 0. The summed E-state index contributed by atoms with van der Waals surface area (Å²) in [5, 5.41) is 10.5. The molecular weight excluding hydrogens is 234 g/mol. The molecule has 19 heavy (non-hydrogen) atoms. The van der Waals surface area contributed by atoms with Crippen LogP contribution in [-0.2, 0) is 0 Å². The maximum atomic E-state index is 4.95. The first-order chi connectivity index (χ1) is 9.30. The van der Waals surface area contributed by atoms with E-state index in [1.807, 2.05) is 11.1 Å². The predicted molar refractivity (Wildman–Crippen MR) is 80.7 cm³/mol. The van der Waals surface area contributed by atoms with Gasteiger partial charge in [0.25, 0.3) is 0 Å². The molecule has 0 bridgehead atoms. The molecule has 1 aliphatic carbocycles. The van der Waals surface area contributed by atoms with Gasteiger partial charge in [-0.05, 0) is 57.3 Å². The molecule has 0 unspecified atom stereocenters. The molecule has 2 aliphatic rings. The number of nitrogens with zero attached hydrogens (tertiary/aromatic N) is 2. The van der Waals surface area contributed by atoms with Crippen molar-refractivity contribution in [2.75, 3.05) is 25.1 Å². The third-order valence-electron chi connectivity index (χ3n) is 4.64. The van der Waals surface area contributed by atoms with Gasteiger partial charge in [-0.2, -0.15) is 5.10 Å². The van der Waals surface area contributed by atoms with E-state index in [0.29, 0.717) is 5.41 Å². The van der Waals surface area contributed by atoms with Crippen LogP contribution in [0.5, 0.6) is 0 Å². The van der Waals surface area contributed by atoms with Gasteiger partial charge in [-0.3, -0.25) is 5.01 Å². The molecule has 1 spiro atoms. The van der Waals surface area contributed by atoms with Gasteiger partial charge in [-0.1, -0.05) is 18.2 Å². The van der Waals surface area contributed by atoms with Gasteiger partial charge in [0, 0.05) is 18.2 Å². The van der Waals surface area contributed by atoms with Crippen LogP contribution >= 0.6 is 0 Å². The summed E-state index contributed by atoms with van der Waals surface area (Å²) in [6.07, 6.45) is 6.33. The van der Waals surface area contributed by atoms with Crippen LogP contribution in [0, 0.1) is 5.41 Å². The summed E-state index contributed by atoms with van der Waals surface area (Å²) in [5.74, 6) is 0. The minimum atomic E-state index is 0.397. The second-order valence-electron chi connectivity index (χ2n) is 5.79. The van der Waals surface area contributed by atoms with Crippen LogP contribution < -0.4 is 10.3 Å². The van der Waals surface area contributed by atoms with Crippen molar-refractivity contribution >= 4 is 11.4 Å². The van der Waals surface area contributed by atoms with Crippen LogP contribution in [0.2, 0.25) is 0 Å². The molecule has 1 aromatic carbocycles. The maximum absolute atomic E-state index is 4.95. The third kappa shape index (κ3) is 2.52. The fourth-order valence-corrected chi connectivity index (χ4v) is 3.49. The van der Waals surface area contributed by atoms with Crippen LogP contribution in [0.3, 0.4) is 0 Å². The molecule has 102 valence electrons. The highest BCUT2D eigenvalue weighted by molar-refractivity contribution is 5.92. The van der Waals surface area contributed by atoms with Crippen LogP contribution in [-0.4, -0.2) is 25.8 Å². The Labute approximate surface area is 115 Å². The number of benzene rings is 1. The van der Waals surface area contributed by atoms with E-state index in [2.05, 4.69) is 36.6 Å². The van der Waals surface area contributed by atoms with Crippen molar-refractivity contribution in [3.05, 3.63) is 30.3 Å². The molecular formula is C16H23N3. The fourth-order valence-electron chi connectivity index (χ4n) is 3.49. The fraction of sp³-hybridized carbons (Fsp3) is 0.562. The van der Waals surface area contributed by atoms with Gasteiger partial charge in [0.15, 0.2) is 0 Å². The Morgan fingerprint density at radius 3 is 2.58 bits per heavy atom. The van der Waals surface area contributed by atoms with Gasteiger partial charge in [0.05, 0.1) is 5.69 Å². The minimum Gasteiger partial charge on any atom is -0.317 e. The van der Waals surface area contributed by atoms with E-state index in [-0.39, 0.29) is 0 Å². The van der Waals surface area contributed by atoms with Gasteiger partial charge < -0.3 is 5.32 Å². The van der Waals surface area contributed by atoms with Crippen LogP contribution in [0.15, 0.2) is 35.4 Å². The van der Waals surface area contributed by atoms with Crippen molar-refractivity contribution in [2.45, 2.75) is 32.1 Å². The molecule has 3 heteroatoms. The third-order valence-corrected chi connectivity index (χ3v) is 4.64. The standard InChI is InChI=1S/C16H23N3/c1-19(14-6-3-2-4-7-14)18-15-8-5-9-16(15)10-12-17-13-11-16/h2-4,6-7,17H,5,8-13H2,1H3/b18-15-. The Bertz CT molecular complexity index is 446. The quantitative estimate of drug-likeness (QED) is 0.825. The summed E-state index contributed by atoms with van der Waals surface area (Å²) < 4.78 is 0. The Morgan fingerprint density at radius 1 is 1.11 bits per heavy atom. The minimum absolute atomic E-state index is 0.397. The number of piperidine rings is 1. The van der Waals surface area contributed by atoms with Crippen molar-refractivity contribution in [3.8, 4) is 0 Å². The van der Waals surface area contributed by atoms with Gasteiger partial charge >= 0.3 is 0 Å². The van der Waals surface area contributed by atoms with Gasteiger partial charge in [0.1, 0.15) is 0 Å². The molecule has 1 N–H and O–H groups in total. The topological polar surface area (TPSA) is 27.6 Å². The largest absolute Gasteiger partial charge is 0.317 e. The number of nitrogens with one attached hydrogen (secondary N) is 1. The molecule has 0 amide bonds. The van der Waals surface area contributed by atoms with Crippen molar-refractivity contribution in [2.24, 2.45) is 10.5 Å². The monoisotopic (exact) mass is 257 g/mol. The number of hydrazone groups is 1. The highest BCUT2D eigenvalue weighted by atomic mass is 15.4. The van der Waals surface area contributed by atoms with Gasteiger partial charge in [0.2, 0.25) is 0 Å².